The Morgan fingerprint density at radius 3 is 2.31 bits per heavy atom. The topological polar surface area (TPSA) is 92.8 Å². The number of likely N-dealkylation sites (tertiary alicyclic amines) is 1. The normalized spacial score (nSPS) is 33.3. The summed E-state index contributed by atoms with van der Waals surface area (Å²) in [6.07, 6.45) is 5.30. The van der Waals surface area contributed by atoms with Crippen molar-refractivity contribution in [1.29, 1.82) is 0 Å². The van der Waals surface area contributed by atoms with Gasteiger partial charge in [0.05, 0.1) is 29.7 Å². The lowest BCUT2D eigenvalue weighted by Crippen LogP contribution is -2.40. The van der Waals surface area contributed by atoms with Crippen molar-refractivity contribution in [1.82, 2.24) is 4.90 Å². The molecule has 7 heteroatoms. The Morgan fingerprint density at radius 1 is 1.07 bits per heavy atom. The van der Waals surface area contributed by atoms with Gasteiger partial charge >= 0.3 is 5.97 Å². The Morgan fingerprint density at radius 2 is 1.69 bits per heavy atom. The van der Waals surface area contributed by atoms with E-state index in [0.29, 0.717) is 17.5 Å². The highest BCUT2D eigenvalue weighted by molar-refractivity contribution is 6.10. The number of amides is 3. The van der Waals surface area contributed by atoms with E-state index in [4.69, 9.17) is 4.74 Å². The van der Waals surface area contributed by atoms with Crippen molar-refractivity contribution in [2.45, 2.75) is 13.3 Å². The van der Waals surface area contributed by atoms with E-state index in [-0.39, 0.29) is 54.2 Å². The number of carbonyl (C=O) groups is 4. The molecule has 1 saturated heterocycles. The average molecular weight is 394 g/mol. The number of nitrogens with zero attached hydrogens (tertiary/aromatic N) is 1. The Balaban J connectivity index is 1.31. The number of para-hydroxylation sites is 1. The van der Waals surface area contributed by atoms with Crippen molar-refractivity contribution in [2.24, 2.45) is 35.5 Å². The van der Waals surface area contributed by atoms with Gasteiger partial charge in [0.15, 0.2) is 0 Å². The summed E-state index contributed by atoms with van der Waals surface area (Å²) < 4.78 is 5.01. The first-order valence-corrected chi connectivity index (χ1v) is 10.1. The summed E-state index contributed by atoms with van der Waals surface area (Å²) in [5.74, 6) is -0.856. The summed E-state index contributed by atoms with van der Waals surface area (Å²) in [6.45, 7) is 1.59. The molecule has 0 aromatic heterocycles. The first kappa shape index (κ1) is 18.1. The van der Waals surface area contributed by atoms with E-state index in [1.165, 1.54) is 0 Å². The van der Waals surface area contributed by atoms with Gasteiger partial charge in [-0.3, -0.25) is 19.3 Å². The van der Waals surface area contributed by atoms with Crippen LogP contribution in [0, 0.1) is 35.5 Å². The van der Waals surface area contributed by atoms with Crippen molar-refractivity contribution in [3.8, 4) is 0 Å². The number of rotatable bonds is 5. The van der Waals surface area contributed by atoms with Gasteiger partial charge in [0.2, 0.25) is 17.7 Å². The number of allylic oxidation sites excluding steroid dienone is 2. The van der Waals surface area contributed by atoms with E-state index in [2.05, 4.69) is 17.5 Å². The molecule has 6 rings (SSSR count). The van der Waals surface area contributed by atoms with Crippen LogP contribution in [0.3, 0.4) is 0 Å². The fourth-order valence-electron chi connectivity index (χ4n) is 5.49. The Kier molecular flexibility index (Phi) is 4.08. The Labute approximate surface area is 168 Å². The molecule has 1 aliphatic heterocycles. The third-order valence-electron chi connectivity index (χ3n) is 6.75. The molecule has 1 aromatic rings. The quantitative estimate of drug-likeness (QED) is 0.467. The molecule has 1 aromatic carbocycles. The number of anilines is 1. The minimum atomic E-state index is -0.537. The van der Waals surface area contributed by atoms with Crippen LogP contribution in [0.25, 0.3) is 0 Å². The SMILES string of the molecule is CCOC(=O)c1ccccc1NC(=O)CN1C(=O)[C@@H]2[C@H]3C=C[C@@H]([C@@H]4C[C@@H]34)[C@@H]2C1=O. The predicted octanol–water partition coefficient (Wildman–Crippen LogP) is 1.85. The summed E-state index contributed by atoms with van der Waals surface area (Å²) in [4.78, 5) is 51.8. The summed E-state index contributed by atoms with van der Waals surface area (Å²) in [7, 11) is 0. The smallest absolute Gasteiger partial charge is 0.340 e. The molecule has 4 aliphatic carbocycles. The van der Waals surface area contributed by atoms with Gasteiger partial charge in [0.25, 0.3) is 0 Å². The zero-order valence-corrected chi connectivity index (χ0v) is 16.0. The number of hydrogen-bond donors (Lipinski definition) is 1. The van der Waals surface area contributed by atoms with Crippen LogP contribution in [0.1, 0.15) is 23.7 Å². The van der Waals surface area contributed by atoms with Gasteiger partial charge in [-0.2, -0.15) is 0 Å². The molecule has 0 spiro atoms. The number of imide groups is 1. The molecule has 0 unspecified atom stereocenters. The van der Waals surface area contributed by atoms with Gasteiger partial charge in [-0.05, 0) is 49.1 Å². The second-order valence-corrected chi connectivity index (χ2v) is 8.23. The fourth-order valence-corrected chi connectivity index (χ4v) is 5.49. The zero-order valence-electron chi connectivity index (χ0n) is 16.0. The number of ether oxygens (including phenoxy) is 1. The number of esters is 1. The average Bonchev–Trinajstić information content (AvgIpc) is 3.50. The number of nitrogens with one attached hydrogen (secondary N) is 1. The maximum Gasteiger partial charge on any atom is 0.340 e. The number of carbonyl (C=O) groups excluding carboxylic acids is 4. The molecule has 2 bridgehead atoms. The first-order valence-electron chi connectivity index (χ1n) is 10.1. The molecule has 1 N–H and O–H groups in total. The third-order valence-corrected chi connectivity index (χ3v) is 6.75. The zero-order chi connectivity index (χ0) is 20.3. The second-order valence-electron chi connectivity index (χ2n) is 8.23. The van der Waals surface area contributed by atoms with Gasteiger partial charge < -0.3 is 10.1 Å². The van der Waals surface area contributed by atoms with Gasteiger partial charge in [-0.25, -0.2) is 4.79 Å². The van der Waals surface area contributed by atoms with Crippen molar-refractivity contribution >= 4 is 29.4 Å². The Bertz CT molecular complexity index is 918. The second kappa shape index (κ2) is 6.54. The van der Waals surface area contributed by atoms with Crippen LogP contribution in [0.4, 0.5) is 5.69 Å². The van der Waals surface area contributed by atoms with E-state index in [9.17, 15) is 19.2 Å². The van der Waals surface area contributed by atoms with E-state index >= 15 is 0 Å². The van der Waals surface area contributed by atoms with Crippen LogP contribution in [0.15, 0.2) is 36.4 Å². The molecule has 3 fully saturated rings. The standard InChI is InChI=1S/C22H22N2O5/c1-2-29-22(28)13-5-3-4-6-16(13)23-17(25)10-24-20(26)18-11-7-8-12(15-9-14(11)15)19(18)21(24)27/h3-8,11-12,14-15,18-19H,2,9-10H2,1H3,(H,23,25)/t11-,12-,14-,15-,18-,19+/m0/s1. The van der Waals surface area contributed by atoms with Crippen molar-refractivity contribution < 1.29 is 23.9 Å². The van der Waals surface area contributed by atoms with Crippen LogP contribution >= 0.6 is 0 Å². The lowest BCUT2D eigenvalue weighted by Gasteiger charge is -2.37. The minimum Gasteiger partial charge on any atom is -0.462 e. The van der Waals surface area contributed by atoms with Gasteiger partial charge in [-0.1, -0.05) is 24.3 Å². The van der Waals surface area contributed by atoms with Crippen molar-refractivity contribution in [2.75, 3.05) is 18.5 Å². The number of benzene rings is 1. The third kappa shape index (κ3) is 2.71. The molecule has 150 valence electrons. The fraction of sp³-hybridized carbons (Fsp3) is 0.455. The molecular formula is C22H22N2O5. The van der Waals surface area contributed by atoms with E-state index < -0.39 is 11.9 Å². The predicted molar refractivity (Wildman–Crippen MR) is 102 cm³/mol. The van der Waals surface area contributed by atoms with Crippen molar-refractivity contribution in [3.05, 3.63) is 42.0 Å². The van der Waals surface area contributed by atoms with E-state index in [0.717, 1.165) is 11.3 Å². The van der Waals surface area contributed by atoms with Crippen LogP contribution in [0.2, 0.25) is 0 Å². The maximum absolute atomic E-state index is 13.0. The number of hydrogen-bond acceptors (Lipinski definition) is 5. The lowest BCUT2D eigenvalue weighted by atomic mass is 9.63. The van der Waals surface area contributed by atoms with Gasteiger partial charge in [-0.15, -0.1) is 0 Å². The van der Waals surface area contributed by atoms with Crippen LogP contribution in [-0.4, -0.2) is 41.7 Å². The summed E-state index contributed by atoms with van der Waals surface area (Å²) in [5, 5.41) is 2.65. The van der Waals surface area contributed by atoms with Crippen LogP contribution in [0.5, 0.6) is 0 Å². The maximum atomic E-state index is 13.0. The van der Waals surface area contributed by atoms with Crippen LogP contribution in [-0.2, 0) is 19.1 Å². The molecule has 29 heavy (non-hydrogen) atoms. The molecule has 0 radical (unpaired) electrons. The lowest BCUT2D eigenvalue weighted by molar-refractivity contribution is -0.142. The molecular weight excluding hydrogens is 372 g/mol. The molecule has 7 nitrogen and oxygen atoms in total. The molecule has 1 heterocycles. The summed E-state index contributed by atoms with van der Waals surface area (Å²) in [6, 6.07) is 6.52. The molecule has 3 amide bonds. The van der Waals surface area contributed by atoms with E-state index in [1.54, 1.807) is 31.2 Å². The summed E-state index contributed by atoms with van der Waals surface area (Å²) in [5.41, 5.74) is 0.535. The first-order chi connectivity index (χ1) is 14.0. The van der Waals surface area contributed by atoms with E-state index in [1.807, 2.05) is 0 Å². The highest BCUT2D eigenvalue weighted by Gasteiger charge is 2.67. The largest absolute Gasteiger partial charge is 0.462 e. The highest BCUT2D eigenvalue weighted by Crippen LogP contribution is 2.65. The molecule has 6 atom stereocenters. The van der Waals surface area contributed by atoms with Gasteiger partial charge in [0, 0.05) is 0 Å². The van der Waals surface area contributed by atoms with Gasteiger partial charge in [0.1, 0.15) is 6.54 Å². The minimum absolute atomic E-state index is 0.129. The molecule has 5 aliphatic rings. The van der Waals surface area contributed by atoms with Crippen LogP contribution < -0.4 is 5.32 Å². The summed E-state index contributed by atoms with van der Waals surface area (Å²) >= 11 is 0. The molecule has 2 saturated carbocycles. The van der Waals surface area contributed by atoms with Crippen molar-refractivity contribution in [3.63, 3.8) is 0 Å². The highest BCUT2D eigenvalue weighted by atomic mass is 16.5. The Hall–Kier alpha value is -2.96. The monoisotopic (exact) mass is 394 g/mol.